The third kappa shape index (κ3) is 5.13. The van der Waals surface area contributed by atoms with E-state index in [1.165, 1.54) is 18.2 Å². The van der Waals surface area contributed by atoms with Crippen molar-refractivity contribution >= 4 is 52.8 Å². The summed E-state index contributed by atoms with van der Waals surface area (Å²) >= 11 is 5.99. The zero-order chi connectivity index (χ0) is 24.1. The lowest BCUT2D eigenvalue weighted by atomic mass is 10.1. The molecule has 4 rings (SSSR count). The highest BCUT2D eigenvalue weighted by Gasteiger charge is 2.37. The number of amides is 5. The average molecular weight is 476 g/mol. The molecule has 3 aromatic rings. The minimum atomic E-state index is -0.878. The molecule has 0 aliphatic carbocycles. The van der Waals surface area contributed by atoms with Gasteiger partial charge in [0.25, 0.3) is 17.7 Å². The van der Waals surface area contributed by atoms with E-state index in [4.69, 9.17) is 16.3 Å². The number of halogens is 1. The van der Waals surface area contributed by atoms with Gasteiger partial charge in [0.15, 0.2) is 6.61 Å². The van der Waals surface area contributed by atoms with E-state index in [-0.39, 0.29) is 29.5 Å². The average Bonchev–Trinajstić information content (AvgIpc) is 2.81. The van der Waals surface area contributed by atoms with E-state index < -0.39 is 17.8 Å². The number of urea groups is 1. The number of anilines is 2. The molecule has 0 unspecified atom stereocenters. The van der Waals surface area contributed by atoms with E-state index >= 15 is 0 Å². The SMILES string of the molecule is O=C(COc1ccccc1C=C1C(=O)NC(=O)N(c2cccc(Cl)c2)C1=O)Nc1ccccc1. The lowest BCUT2D eigenvalue weighted by Crippen LogP contribution is -2.54. The number of ether oxygens (including phenoxy) is 1. The molecule has 8 nitrogen and oxygen atoms in total. The fourth-order valence-corrected chi connectivity index (χ4v) is 3.44. The Bertz CT molecular complexity index is 1310. The number of rotatable bonds is 6. The first kappa shape index (κ1) is 22.8. The quantitative estimate of drug-likeness (QED) is 0.414. The molecule has 0 aromatic heterocycles. The van der Waals surface area contributed by atoms with Crippen LogP contribution in [0.1, 0.15) is 5.56 Å². The van der Waals surface area contributed by atoms with Crippen LogP contribution in [0.3, 0.4) is 0 Å². The Hall–Kier alpha value is -4.43. The number of hydrogen-bond donors (Lipinski definition) is 2. The molecule has 2 N–H and O–H groups in total. The third-order valence-corrected chi connectivity index (χ3v) is 5.04. The fraction of sp³-hybridized carbons (Fsp3) is 0.0400. The smallest absolute Gasteiger partial charge is 0.335 e. The first-order chi connectivity index (χ1) is 16.4. The number of nitrogens with zero attached hydrogens (tertiary/aromatic N) is 1. The van der Waals surface area contributed by atoms with Crippen LogP contribution in [0.25, 0.3) is 6.08 Å². The van der Waals surface area contributed by atoms with Gasteiger partial charge in [-0.1, -0.05) is 54.1 Å². The first-order valence-corrected chi connectivity index (χ1v) is 10.5. The minimum absolute atomic E-state index is 0.218. The number of hydrogen-bond acceptors (Lipinski definition) is 5. The number of barbiturate groups is 1. The Labute approximate surface area is 199 Å². The predicted molar refractivity (Wildman–Crippen MR) is 127 cm³/mol. The van der Waals surface area contributed by atoms with Crippen LogP contribution in [0.4, 0.5) is 16.2 Å². The van der Waals surface area contributed by atoms with E-state index in [2.05, 4.69) is 10.6 Å². The molecule has 1 aliphatic rings. The van der Waals surface area contributed by atoms with Crippen molar-refractivity contribution in [3.05, 3.63) is 95.0 Å². The second kappa shape index (κ2) is 10.0. The number of benzene rings is 3. The summed E-state index contributed by atoms with van der Waals surface area (Å²) in [6, 6.07) is 20.8. The standard InChI is InChI=1S/C25H18ClN3O5/c26-17-8-6-11-19(14-17)29-24(32)20(23(31)28-25(29)33)13-16-7-4-5-12-21(16)34-15-22(30)27-18-9-2-1-3-10-18/h1-14H,15H2,(H,27,30)(H,28,31,33). The van der Waals surface area contributed by atoms with E-state index in [0.717, 1.165) is 4.90 Å². The summed E-state index contributed by atoms with van der Waals surface area (Å²) in [6.07, 6.45) is 1.31. The Morgan fingerprint density at radius 3 is 2.47 bits per heavy atom. The van der Waals surface area contributed by atoms with Crippen LogP contribution in [0.5, 0.6) is 5.75 Å². The van der Waals surface area contributed by atoms with Crippen LogP contribution < -0.4 is 20.3 Å². The summed E-state index contributed by atoms with van der Waals surface area (Å²) in [6.45, 7) is -0.289. The molecule has 0 saturated carbocycles. The Morgan fingerprint density at radius 1 is 0.971 bits per heavy atom. The maximum Gasteiger partial charge on any atom is 0.335 e. The molecule has 5 amide bonds. The number of carbonyl (C=O) groups excluding carboxylic acids is 4. The van der Waals surface area contributed by atoms with Crippen LogP contribution >= 0.6 is 11.6 Å². The van der Waals surface area contributed by atoms with Gasteiger partial charge >= 0.3 is 6.03 Å². The van der Waals surface area contributed by atoms with Crippen molar-refractivity contribution in [3.8, 4) is 5.75 Å². The summed E-state index contributed by atoms with van der Waals surface area (Å²) < 4.78 is 5.63. The molecular formula is C25H18ClN3O5. The third-order valence-electron chi connectivity index (χ3n) is 4.80. The molecule has 9 heteroatoms. The first-order valence-electron chi connectivity index (χ1n) is 10.2. The van der Waals surface area contributed by atoms with Crippen molar-refractivity contribution in [2.75, 3.05) is 16.8 Å². The van der Waals surface area contributed by atoms with Gasteiger partial charge in [0.2, 0.25) is 0 Å². The van der Waals surface area contributed by atoms with Crippen LogP contribution in [-0.2, 0) is 14.4 Å². The van der Waals surface area contributed by atoms with Crippen LogP contribution in [0.2, 0.25) is 5.02 Å². The van der Waals surface area contributed by atoms with Crippen LogP contribution in [0, 0.1) is 0 Å². The molecular weight excluding hydrogens is 458 g/mol. The molecule has 1 saturated heterocycles. The summed E-state index contributed by atoms with van der Waals surface area (Å²) in [7, 11) is 0. The molecule has 1 heterocycles. The van der Waals surface area contributed by atoms with Crippen molar-refractivity contribution < 1.29 is 23.9 Å². The van der Waals surface area contributed by atoms with Gasteiger partial charge in [0.05, 0.1) is 5.69 Å². The Morgan fingerprint density at radius 2 is 1.71 bits per heavy atom. The van der Waals surface area contributed by atoms with Crippen molar-refractivity contribution in [2.24, 2.45) is 0 Å². The van der Waals surface area contributed by atoms with Gasteiger partial charge in [0, 0.05) is 16.3 Å². The highest BCUT2D eigenvalue weighted by Crippen LogP contribution is 2.26. The zero-order valence-electron chi connectivity index (χ0n) is 17.7. The second-order valence-corrected chi connectivity index (χ2v) is 7.61. The summed E-state index contributed by atoms with van der Waals surface area (Å²) in [4.78, 5) is 50.9. The van der Waals surface area contributed by atoms with Crippen molar-refractivity contribution in [1.82, 2.24) is 5.32 Å². The topological polar surface area (TPSA) is 105 Å². The molecule has 1 aliphatic heterocycles. The highest BCUT2D eigenvalue weighted by molar-refractivity contribution is 6.39. The number of imide groups is 2. The number of para-hydroxylation sites is 2. The molecule has 170 valence electrons. The lowest BCUT2D eigenvalue weighted by molar-refractivity contribution is -0.122. The Kier molecular flexibility index (Phi) is 6.70. The number of carbonyl (C=O) groups is 4. The van der Waals surface area contributed by atoms with E-state index in [9.17, 15) is 19.2 Å². The van der Waals surface area contributed by atoms with Gasteiger partial charge in [-0.05, 0) is 42.5 Å². The van der Waals surface area contributed by atoms with Crippen LogP contribution in [-0.4, -0.2) is 30.4 Å². The van der Waals surface area contributed by atoms with Crippen molar-refractivity contribution in [2.45, 2.75) is 0 Å². The normalized spacial score (nSPS) is 14.7. The van der Waals surface area contributed by atoms with Crippen molar-refractivity contribution in [1.29, 1.82) is 0 Å². The van der Waals surface area contributed by atoms with Gasteiger partial charge < -0.3 is 10.1 Å². The summed E-state index contributed by atoms with van der Waals surface area (Å²) in [5, 5.41) is 5.19. The lowest BCUT2D eigenvalue weighted by Gasteiger charge is -2.26. The monoisotopic (exact) mass is 475 g/mol. The molecule has 3 aromatic carbocycles. The van der Waals surface area contributed by atoms with Gasteiger partial charge in [-0.2, -0.15) is 0 Å². The molecule has 0 bridgehead atoms. The summed E-state index contributed by atoms with van der Waals surface area (Å²) in [5.41, 5.74) is 0.954. The maximum atomic E-state index is 13.1. The van der Waals surface area contributed by atoms with E-state index in [1.807, 2.05) is 6.07 Å². The van der Waals surface area contributed by atoms with Gasteiger partial charge in [-0.25, -0.2) is 9.69 Å². The molecule has 34 heavy (non-hydrogen) atoms. The molecule has 0 atom stereocenters. The molecule has 0 spiro atoms. The van der Waals surface area contributed by atoms with Crippen LogP contribution in [0.15, 0.2) is 84.4 Å². The highest BCUT2D eigenvalue weighted by atomic mass is 35.5. The second-order valence-electron chi connectivity index (χ2n) is 7.18. The van der Waals surface area contributed by atoms with E-state index in [1.54, 1.807) is 60.7 Å². The van der Waals surface area contributed by atoms with E-state index in [0.29, 0.717) is 16.3 Å². The summed E-state index contributed by atoms with van der Waals surface area (Å²) in [5.74, 6) is -1.75. The molecule has 1 fully saturated rings. The van der Waals surface area contributed by atoms with Crippen molar-refractivity contribution in [3.63, 3.8) is 0 Å². The minimum Gasteiger partial charge on any atom is -0.483 e. The van der Waals surface area contributed by atoms with Gasteiger partial charge in [0.1, 0.15) is 11.3 Å². The largest absolute Gasteiger partial charge is 0.483 e. The molecule has 0 radical (unpaired) electrons. The Balaban J connectivity index is 1.56. The predicted octanol–water partition coefficient (Wildman–Crippen LogP) is 4.02. The van der Waals surface area contributed by atoms with Gasteiger partial charge in [-0.15, -0.1) is 0 Å². The zero-order valence-corrected chi connectivity index (χ0v) is 18.4. The fourth-order valence-electron chi connectivity index (χ4n) is 3.26. The maximum absolute atomic E-state index is 13.1. The van der Waals surface area contributed by atoms with Gasteiger partial charge in [-0.3, -0.25) is 19.7 Å². The number of nitrogens with one attached hydrogen (secondary N) is 2.